The topological polar surface area (TPSA) is 129 Å². The molecule has 2 aliphatic heterocycles. The van der Waals surface area contributed by atoms with Gasteiger partial charge in [-0.3, -0.25) is 14.1 Å². The second kappa shape index (κ2) is 9.26. The molecule has 10 nitrogen and oxygen atoms in total. The molecule has 1 aromatic heterocycles. The Balaban J connectivity index is 1.16. The van der Waals surface area contributed by atoms with Crippen LogP contribution in [-0.4, -0.2) is 48.5 Å². The fourth-order valence-corrected chi connectivity index (χ4v) is 8.02. The molecule has 1 spiro atoms. The van der Waals surface area contributed by atoms with Gasteiger partial charge in [-0.05, 0) is 92.8 Å². The summed E-state index contributed by atoms with van der Waals surface area (Å²) in [6, 6.07) is 8.88. The first kappa shape index (κ1) is 25.4. The summed E-state index contributed by atoms with van der Waals surface area (Å²) in [7, 11) is -3.91. The van der Waals surface area contributed by atoms with Crippen LogP contribution in [0, 0.1) is 34.4 Å². The van der Waals surface area contributed by atoms with Crippen LogP contribution >= 0.6 is 0 Å². The van der Waals surface area contributed by atoms with Gasteiger partial charge in [-0.2, -0.15) is 18.0 Å². The number of nitrogens with zero attached hydrogens (tertiary/aromatic N) is 4. The third-order valence-corrected chi connectivity index (χ3v) is 10.6. The van der Waals surface area contributed by atoms with Crippen LogP contribution in [0.1, 0.15) is 43.7 Å². The first-order valence-electron chi connectivity index (χ1n) is 13.7. The van der Waals surface area contributed by atoms with Crippen molar-refractivity contribution in [2.75, 3.05) is 30.9 Å². The van der Waals surface area contributed by atoms with E-state index in [1.54, 1.807) is 23.0 Å². The van der Waals surface area contributed by atoms with E-state index in [0.717, 1.165) is 51.3 Å². The van der Waals surface area contributed by atoms with Gasteiger partial charge in [0.25, 0.3) is 5.56 Å². The van der Waals surface area contributed by atoms with E-state index in [0.29, 0.717) is 41.2 Å². The van der Waals surface area contributed by atoms with Gasteiger partial charge in [0, 0.05) is 19.1 Å². The lowest BCUT2D eigenvalue weighted by Gasteiger charge is -2.50. The highest BCUT2D eigenvalue weighted by Gasteiger charge is 2.49. The van der Waals surface area contributed by atoms with Crippen LogP contribution in [-0.2, 0) is 10.2 Å². The Morgan fingerprint density at radius 3 is 2.62 bits per heavy atom. The Kier molecular flexibility index (Phi) is 5.89. The first-order chi connectivity index (χ1) is 19.2. The second-order valence-electron chi connectivity index (χ2n) is 11.6. The van der Waals surface area contributed by atoms with Crippen LogP contribution in [0.5, 0.6) is 11.5 Å². The minimum Gasteiger partial charge on any atom is -0.453 e. The highest BCUT2D eigenvalue weighted by Crippen LogP contribution is 2.53. The molecule has 2 N–H and O–H groups in total. The number of anilines is 1. The molecule has 3 aromatic rings. The predicted octanol–water partition coefficient (Wildman–Crippen LogP) is 3.51. The Morgan fingerprint density at radius 1 is 1.15 bits per heavy atom. The zero-order valence-electron chi connectivity index (χ0n) is 21.8. The summed E-state index contributed by atoms with van der Waals surface area (Å²) in [5, 5.41) is 13.6. The van der Waals surface area contributed by atoms with E-state index in [2.05, 4.69) is 15.0 Å². The highest BCUT2D eigenvalue weighted by atomic mass is 32.2. The molecule has 0 radical (unpaired) electrons. The Bertz CT molecular complexity index is 1710. The number of halogens is 1. The molecule has 2 atom stereocenters. The van der Waals surface area contributed by atoms with Gasteiger partial charge < -0.3 is 10.1 Å². The van der Waals surface area contributed by atoms with Crippen LogP contribution in [0.25, 0.3) is 10.9 Å². The SMILES string of the molecule is N#Cc1c(NS(=O)(=O)N2C[C@H]3C[C@H]3C2)ccc(F)c1Oc1ccc2ncn(C3CC4(CCNCC4)C3)c(=O)c2c1. The van der Waals surface area contributed by atoms with Crippen molar-refractivity contribution in [1.82, 2.24) is 19.2 Å². The van der Waals surface area contributed by atoms with Crippen molar-refractivity contribution in [2.45, 2.75) is 38.1 Å². The molecule has 4 aliphatic rings. The fourth-order valence-electron chi connectivity index (χ4n) is 6.67. The van der Waals surface area contributed by atoms with Crippen LogP contribution in [0.3, 0.4) is 0 Å². The van der Waals surface area contributed by atoms with E-state index in [4.69, 9.17) is 4.74 Å². The zero-order chi connectivity index (χ0) is 27.6. The Morgan fingerprint density at radius 2 is 1.90 bits per heavy atom. The highest BCUT2D eigenvalue weighted by molar-refractivity contribution is 7.90. The lowest BCUT2D eigenvalue weighted by molar-refractivity contribution is 0.0270. The van der Waals surface area contributed by atoms with Gasteiger partial charge in [0.1, 0.15) is 17.4 Å². The second-order valence-corrected chi connectivity index (χ2v) is 13.3. The van der Waals surface area contributed by atoms with Gasteiger partial charge in [0.15, 0.2) is 11.6 Å². The molecular formula is C28H29FN6O4S. The third kappa shape index (κ3) is 4.33. The summed E-state index contributed by atoms with van der Waals surface area (Å²) in [5.41, 5.74) is 0.229. The van der Waals surface area contributed by atoms with Gasteiger partial charge in [-0.1, -0.05) is 0 Å². The average molecular weight is 565 g/mol. The Labute approximate surface area is 230 Å². The number of piperidine rings is 2. The molecular weight excluding hydrogens is 535 g/mol. The monoisotopic (exact) mass is 564 g/mol. The molecule has 12 heteroatoms. The maximum Gasteiger partial charge on any atom is 0.301 e. The number of hydrogen-bond donors (Lipinski definition) is 2. The van der Waals surface area contributed by atoms with Crippen molar-refractivity contribution in [3.05, 3.63) is 58.4 Å². The first-order valence-corrected chi connectivity index (χ1v) is 15.1. The number of aromatic nitrogens is 2. The minimum atomic E-state index is -3.91. The number of nitriles is 1. The molecule has 0 bridgehead atoms. The number of benzene rings is 2. The van der Waals surface area contributed by atoms with E-state index in [9.17, 15) is 22.9 Å². The molecule has 0 amide bonds. The molecule has 4 fully saturated rings. The minimum absolute atomic E-state index is 0.0684. The number of rotatable bonds is 6. The number of hydrogen-bond acceptors (Lipinski definition) is 7. The van der Waals surface area contributed by atoms with Crippen molar-refractivity contribution in [2.24, 2.45) is 17.3 Å². The van der Waals surface area contributed by atoms with Crippen molar-refractivity contribution >= 4 is 26.8 Å². The molecule has 3 heterocycles. The third-order valence-electron chi connectivity index (χ3n) is 9.11. The van der Waals surface area contributed by atoms with E-state index in [-0.39, 0.29) is 28.6 Å². The smallest absolute Gasteiger partial charge is 0.301 e. The average Bonchev–Trinajstić information content (AvgIpc) is 3.54. The van der Waals surface area contributed by atoms with Crippen LogP contribution in [0.4, 0.5) is 10.1 Å². The summed E-state index contributed by atoms with van der Waals surface area (Å²) in [6.07, 6.45) is 6.73. The molecule has 2 saturated carbocycles. The zero-order valence-corrected chi connectivity index (χ0v) is 22.6. The van der Waals surface area contributed by atoms with Gasteiger partial charge >= 0.3 is 10.2 Å². The molecule has 2 aromatic carbocycles. The maximum absolute atomic E-state index is 14.9. The normalized spacial score (nSPS) is 23.9. The largest absolute Gasteiger partial charge is 0.453 e. The molecule has 208 valence electrons. The fraction of sp³-hybridized carbons (Fsp3) is 0.464. The lowest BCUT2D eigenvalue weighted by Crippen LogP contribution is -2.47. The summed E-state index contributed by atoms with van der Waals surface area (Å²) in [5.74, 6) is -0.320. The maximum atomic E-state index is 14.9. The molecule has 40 heavy (non-hydrogen) atoms. The van der Waals surface area contributed by atoms with Crippen molar-refractivity contribution < 1.29 is 17.5 Å². The van der Waals surface area contributed by atoms with E-state index in [1.165, 1.54) is 16.4 Å². The van der Waals surface area contributed by atoms with Crippen LogP contribution < -0.4 is 20.3 Å². The molecule has 7 rings (SSSR count). The quantitative estimate of drug-likeness (QED) is 0.469. The van der Waals surface area contributed by atoms with E-state index < -0.39 is 21.8 Å². The van der Waals surface area contributed by atoms with Gasteiger partial charge in [0.2, 0.25) is 0 Å². The molecule has 2 saturated heterocycles. The lowest BCUT2D eigenvalue weighted by atomic mass is 9.60. The number of ether oxygens (including phenoxy) is 1. The predicted molar refractivity (Wildman–Crippen MR) is 146 cm³/mol. The molecule has 0 unspecified atom stereocenters. The number of fused-ring (bicyclic) bond motifs is 2. The van der Waals surface area contributed by atoms with E-state index >= 15 is 0 Å². The standard InChI is InChI=1S/C28H29FN6O4S/c29-23-2-4-25(33-40(37,38)34-14-17-9-18(17)15-34)22(13-30)26(23)39-20-1-3-24-21(10-20)27(36)35(16-32-24)19-11-28(12-19)5-7-31-8-6-28/h1-4,10,16-19,31,33H,5-9,11-12,14-15H2/t17-,18+. The van der Waals surface area contributed by atoms with E-state index in [1.807, 2.05) is 6.07 Å². The van der Waals surface area contributed by atoms with Crippen LogP contribution in [0.15, 0.2) is 41.5 Å². The summed E-state index contributed by atoms with van der Waals surface area (Å²) in [4.78, 5) is 17.9. The summed E-state index contributed by atoms with van der Waals surface area (Å²) >= 11 is 0. The summed E-state index contributed by atoms with van der Waals surface area (Å²) in [6.45, 7) is 2.88. The van der Waals surface area contributed by atoms with Crippen molar-refractivity contribution in [3.63, 3.8) is 0 Å². The molecule has 2 aliphatic carbocycles. The van der Waals surface area contributed by atoms with Gasteiger partial charge in [0.05, 0.1) is 22.9 Å². The van der Waals surface area contributed by atoms with Gasteiger partial charge in [-0.25, -0.2) is 9.37 Å². The van der Waals surface area contributed by atoms with Crippen LogP contribution in [0.2, 0.25) is 0 Å². The number of nitrogens with one attached hydrogen (secondary N) is 2. The van der Waals surface area contributed by atoms with Gasteiger partial charge in [-0.15, -0.1) is 0 Å². The Hall–Kier alpha value is -3.53. The van der Waals surface area contributed by atoms with Crippen molar-refractivity contribution in [1.29, 1.82) is 5.26 Å². The summed E-state index contributed by atoms with van der Waals surface area (Å²) < 4.78 is 52.0. The van der Waals surface area contributed by atoms with Crippen molar-refractivity contribution in [3.8, 4) is 17.6 Å².